The molecule has 1 saturated heterocycles. The first-order chi connectivity index (χ1) is 12.8. The molecule has 3 rings (SSSR count). The van der Waals surface area contributed by atoms with Gasteiger partial charge in [-0.15, -0.1) is 11.3 Å². The lowest BCUT2D eigenvalue weighted by atomic mass is 10.1. The first-order valence-electron chi connectivity index (χ1n) is 8.53. The van der Waals surface area contributed by atoms with E-state index in [4.69, 9.17) is 0 Å². The minimum atomic E-state index is -4.38. The van der Waals surface area contributed by atoms with Crippen LogP contribution in [0, 0.1) is 0 Å². The van der Waals surface area contributed by atoms with Crippen molar-refractivity contribution in [3.8, 4) is 0 Å². The fourth-order valence-corrected chi connectivity index (χ4v) is 3.89. The van der Waals surface area contributed by atoms with Gasteiger partial charge in [0.25, 0.3) is 5.91 Å². The van der Waals surface area contributed by atoms with Crippen molar-refractivity contribution in [1.82, 2.24) is 9.80 Å². The van der Waals surface area contributed by atoms with Crippen molar-refractivity contribution in [3.05, 3.63) is 57.8 Å². The summed E-state index contributed by atoms with van der Waals surface area (Å²) in [6.07, 6.45) is -3.04. The number of hydrogen-bond acceptors (Lipinski definition) is 3. The Bertz CT molecular complexity index is 803. The van der Waals surface area contributed by atoms with Crippen molar-refractivity contribution in [2.75, 3.05) is 13.6 Å². The molecule has 144 valence electrons. The molecule has 0 saturated carbocycles. The summed E-state index contributed by atoms with van der Waals surface area (Å²) in [5.74, 6) is -0.346. The Morgan fingerprint density at radius 1 is 1.22 bits per heavy atom. The molecule has 1 aromatic carbocycles. The van der Waals surface area contributed by atoms with Crippen LogP contribution in [0.1, 0.15) is 33.6 Å². The first kappa shape index (κ1) is 19.4. The molecule has 1 unspecified atom stereocenters. The minimum Gasteiger partial charge on any atom is -0.340 e. The number of amides is 2. The molecule has 0 spiro atoms. The second kappa shape index (κ2) is 7.72. The van der Waals surface area contributed by atoms with E-state index < -0.39 is 17.8 Å². The van der Waals surface area contributed by atoms with Crippen molar-refractivity contribution >= 4 is 23.2 Å². The van der Waals surface area contributed by atoms with E-state index >= 15 is 0 Å². The summed E-state index contributed by atoms with van der Waals surface area (Å²) in [5, 5.41) is 1.82. The van der Waals surface area contributed by atoms with Gasteiger partial charge in [-0.1, -0.05) is 18.2 Å². The Balaban J connectivity index is 1.66. The third-order valence-electron chi connectivity index (χ3n) is 4.61. The van der Waals surface area contributed by atoms with Crippen molar-refractivity contribution in [2.24, 2.45) is 0 Å². The smallest absolute Gasteiger partial charge is 0.340 e. The average Bonchev–Trinajstić information content (AvgIpc) is 3.32. The molecule has 1 aromatic heterocycles. The molecule has 0 N–H and O–H groups in total. The molecule has 8 heteroatoms. The van der Waals surface area contributed by atoms with Crippen LogP contribution in [0.25, 0.3) is 0 Å². The number of carbonyl (C=O) groups is 2. The molecule has 1 fully saturated rings. The molecular formula is C19H19F3N2O2S. The van der Waals surface area contributed by atoms with Crippen LogP contribution in [0.5, 0.6) is 0 Å². The highest BCUT2D eigenvalue weighted by Gasteiger charge is 2.36. The number of halogens is 3. The number of nitrogens with zero attached hydrogens (tertiary/aromatic N) is 2. The predicted octanol–water partition coefficient (Wildman–Crippen LogP) is 4.03. The third-order valence-corrected chi connectivity index (χ3v) is 5.47. The van der Waals surface area contributed by atoms with Gasteiger partial charge in [0.15, 0.2) is 0 Å². The Kier molecular flexibility index (Phi) is 5.55. The number of rotatable bonds is 4. The lowest BCUT2D eigenvalue weighted by Gasteiger charge is -2.28. The van der Waals surface area contributed by atoms with Crippen LogP contribution in [0.3, 0.4) is 0 Å². The van der Waals surface area contributed by atoms with E-state index in [0.29, 0.717) is 23.4 Å². The van der Waals surface area contributed by atoms with E-state index in [0.717, 1.165) is 18.6 Å². The SMILES string of the molecule is CN(Cc1ccc(C(F)(F)F)cc1)C(=O)C1CCCN1C(=O)c1cccs1. The maximum Gasteiger partial charge on any atom is 0.416 e. The van der Waals surface area contributed by atoms with E-state index in [9.17, 15) is 22.8 Å². The largest absolute Gasteiger partial charge is 0.416 e. The molecule has 0 bridgehead atoms. The second-order valence-corrected chi connectivity index (χ2v) is 7.47. The number of likely N-dealkylation sites (N-methyl/N-ethyl adjacent to an activating group) is 1. The van der Waals surface area contributed by atoms with Gasteiger partial charge in [-0.05, 0) is 42.0 Å². The van der Waals surface area contributed by atoms with E-state index in [1.807, 2.05) is 5.38 Å². The zero-order valence-electron chi connectivity index (χ0n) is 14.7. The number of hydrogen-bond donors (Lipinski definition) is 0. The Morgan fingerprint density at radius 3 is 2.52 bits per heavy atom. The standard InChI is InChI=1S/C19H19F3N2O2S/c1-23(12-13-6-8-14(9-7-13)19(20,21)22)17(25)15-4-2-10-24(15)18(26)16-5-3-11-27-16/h3,5-9,11,15H,2,4,10,12H2,1H3. The molecule has 2 aromatic rings. The van der Waals surface area contributed by atoms with Crippen molar-refractivity contribution in [3.63, 3.8) is 0 Å². The molecule has 2 amide bonds. The predicted molar refractivity (Wildman–Crippen MR) is 96.3 cm³/mol. The summed E-state index contributed by atoms with van der Waals surface area (Å²) in [6.45, 7) is 0.718. The summed E-state index contributed by atoms with van der Waals surface area (Å²) < 4.78 is 37.9. The molecule has 0 radical (unpaired) electrons. The Hall–Kier alpha value is -2.35. The molecule has 4 nitrogen and oxygen atoms in total. The van der Waals surface area contributed by atoms with Gasteiger partial charge < -0.3 is 9.80 Å². The quantitative estimate of drug-likeness (QED) is 0.783. The van der Waals surface area contributed by atoms with Crippen molar-refractivity contribution in [1.29, 1.82) is 0 Å². The molecule has 0 aliphatic carbocycles. The zero-order chi connectivity index (χ0) is 19.6. The zero-order valence-corrected chi connectivity index (χ0v) is 15.5. The average molecular weight is 396 g/mol. The molecule has 2 heterocycles. The van der Waals surface area contributed by atoms with Gasteiger partial charge in [0.2, 0.25) is 5.91 Å². The maximum absolute atomic E-state index is 12.8. The summed E-state index contributed by atoms with van der Waals surface area (Å²) in [6, 6.07) is 7.76. The first-order valence-corrected chi connectivity index (χ1v) is 9.41. The fourth-order valence-electron chi connectivity index (χ4n) is 3.21. The van der Waals surface area contributed by atoms with Crippen LogP contribution in [0.15, 0.2) is 41.8 Å². The van der Waals surface area contributed by atoms with Crippen LogP contribution in [0.2, 0.25) is 0 Å². The number of carbonyl (C=O) groups excluding carboxylic acids is 2. The van der Waals surface area contributed by atoms with E-state index in [1.54, 1.807) is 24.1 Å². The summed E-state index contributed by atoms with van der Waals surface area (Å²) >= 11 is 1.34. The number of likely N-dealkylation sites (tertiary alicyclic amines) is 1. The van der Waals surface area contributed by atoms with Gasteiger partial charge in [-0.2, -0.15) is 13.2 Å². The van der Waals surface area contributed by atoms with Crippen LogP contribution < -0.4 is 0 Å². The Labute approximate surface area is 159 Å². The number of alkyl halides is 3. The lowest BCUT2D eigenvalue weighted by Crippen LogP contribution is -2.46. The van der Waals surface area contributed by atoms with Gasteiger partial charge in [0.05, 0.1) is 10.4 Å². The molecule has 1 atom stereocenters. The molecule has 27 heavy (non-hydrogen) atoms. The van der Waals surface area contributed by atoms with Crippen molar-refractivity contribution < 1.29 is 22.8 Å². The number of thiophene rings is 1. The summed E-state index contributed by atoms with van der Waals surface area (Å²) in [7, 11) is 1.60. The van der Waals surface area contributed by atoms with E-state index in [1.165, 1.54) is 28.4 Å². The highest BCUT2D eigenvalue weighted by Crippen LogP contribution is 2.29. The van der Waals surface area contributed by atoms with E-state index in [2.05, 4.69) is 0 Å². The van der Waals surface area contributed by atoms with Crippen LogP contribution in [0.4, 0.5) is 13.2 Å². The van der Waals surface area contributed by atoms with Gasteiger partial charge in [0, 0.05) is 20.1 Å². The topological polar surface area (TPSA) is 40.6 Å². The molecule has 1 aliphatic heterocycles. The van der Waals surface area contributed by atoms with Crippen LogP contribution >= 0.6 is 11.3 Å². The normalized spacial score (nSPS) is 17.2. The number of benzene rings is 1. The maximum atomic E-state index is 12.8. The highest BCUT2D eigenvalue weighted by atomic mass is 32.1. The fraction of sp³-hybridized carbons (Fsp3) is 0.368. The van der Waals surface area contributed by atoms with E-state index in [-0.39, 0.29) is 18.4 Å². The highest BCUT2D eigenvalue weighted by molar-refractivity contribution is 7.12. The van der Waals surface area contributed by atoms with Gasteiger partial charge in [-0.3, -0.25) is 9.59 Å². The third kappa shape index (κ3) is 4.32. The van der Waals surface area contributed by atoms with Crippen LogP contribution in [-0.4, -0.2) is 41.2 Å². The monoisotopic (exact) mass is 396 g/mol. The Morgan fingerprint density at radius 2 is 1.93 bits per heavy atom. The second-order valence-electron chi connectivity index (χ2n) is 6.52. The molecule has 1 aliphatic rings. The lowest BCUT2D eigenvalue weighted by molar-refractivity contribution is -0.137. The van der Waals surface area contributed by atoms with Gasteiger partial charge in [0.1, 0.15) is 6.04 Å². The van der Waals surface area contributed by atoms with Gasteiger partial charge in [-0.25, -0.2) is 0 Å². The van der Waals surface area contributed by atoms with Gasteiger partial charge >= 0.3 is 6.18 Å². The summed E-state index contributed by atoms with van der Waals surface area (Å²) in [4.78, 5) is 29.1. The van der Waals surface area contributed by atoms with Crippen LogP contribution in [-0.2, 0) is 17.5 Å². The summed E-state index contributed by atoms with van der Waals surface area (Å²) in [5.41, 5.74) is -0.114. The molecular weight excluding hydrogens is 377 g/mol. The minimum absolute atomic E-state index is 0.149. The van der Waals surface area contributed by atoms with Crippen molar-refractivity contribution in [2.45, 2.75) is 31.6 Å².